The Morgan fingerprint density at radius 2 is 1.79 bits per heavy atom. The van der Waals surface area contributed by atoms with Crippen molar-refractivity contribution in [2.75, 3.05) is 19.0 Å². The molecule has 0 saturated heterocycles. The van der Waals surface area contributed by atoms with Gasteiger partial charge in [-0.15, -0.1) is 11.3 Å². The SMILES string of the molecule is COC(=O)c1c(-c2ccc(Cl)cc2)csc1NC(=O)CCOc1ccccc1Cl. The Balaban J connectivity index is 1.71. The van der Waals surface area contributed by atoms with Gasteiger partial charge in [0.15, 0.2) is 0 Å². The molecule has 0 aliphatic carbocycles. The molecule has 0 aliphatic rings. The average Bonchev–Trinajstić information content (AvgIpc) is 3.12. The molecular weight excluding hydrogens is 433 g/mol. The molecule has 0 aliphatic heterocycles. The Morgan fingerprint density at radius 1 is 1.07 bits per heavy atom. The van der Waals surface area contributed by atoms with Gasteiger partial charge in [-0.05, 0) is 29.8 Å². The topological polar surface area (TPSA) is 64.6 Å². The number of para-hydroxylation sites is 1. The van der Waals surface area contributed by atoms with Crippen LogP contribution in [0.2, 0.25) is 10.0 Å². The summed E-state index contributed by atoms with van der Waals surface area (Å²) in [6.07, 6.45) is 0.0972. The molecule has 2 aromatic carbocycles. The molecule has 1 amide bonds. The lowest BCUT2D eigenvalue weighted by Gasteiger charge is -2.09. The van der Waals surface area contributed by atoms with Crippen LogP contribution in [0.3, 0.4) is 0 Å². The number of esters is 1. The highest BCUT2D eigenvalue weighted by Gasteiger charge is 2.22. The average molecular weight is 450 g/mol. The van der Waals surface area contributed by atoms with E-state index >= 15 is 0 Å². The third kappa shape index (κ3) is 5.29. The minimum atomic E-state index is -0.529. The molecule has 0 bridgehead atoms. The fraction of sp³-hybridized carbons (Fsp3) is 0.143. The molecule has 1 heterocycles. The van der Waals surface area contributed by atoms with E-state index in [0.29, 0.717) is 31.9 Å². The predicted octanol–water partition coefficient (Wildman–Crippen LogP) is 5.92. The van der Waals surface area contributed by atoms with Crippen molar-refractivity contribution in [2.45, 2.75) is 6.42 Å². The van der Waals surface area contributed by atoms with Crippen molar-refractivity contribution in [1.29, 1.82) is 0 Å². The van der Waals surface area contributed by atoms with Crippen molar-refractivity contribution >= 4 is 51.4 Å². The maximum Gasteiger partial charge on any atom is 0.341 e. The molecule has 1 aromatic heterocycles. The van der Waals surface area contributed by atoms with Gasteiger partial charge in [-0.3, -0.25) is 4.79 Å². The largest absolute Gasteiger partial charge is 0.491 e. The van der Waals surface area contributed by atoms with Crippen LogP contribution in [0.15, 0.2) is 53.9 Å². The number of amides is 1. The maximum absolute atomic E-state index is 12.4. The molecule has 8 heteroatoms. The van der Waals surface area contributed by atoms with E-state index in [4.69, 9.17) is 32.7 Å². The number of hydrogen-bond acceptors (Lipinski definition) is 5. The molecule has 0 unspecified atom stereocenters. The predicted molar refractivity (Wildman–Crippen MR) is 116 cm³/mol. The maximum atomic E-state index is 12.4. The molecule has 0 fully saturated rings. The molecule has 0 spiro atoms. The fourth-order valence-electron chi connectivity index (χ4n) is 2.60. The number of anilines is 1. The third-order valence-electron chi connectivity index (χ3n) is 4.01. The number of nitrogens with one attached hydrogen (secondary N) is 1. The number of carbonyl (C=O) groups is 2. The van der Waals surface area contributed by atoms with Gasteiger partial charge in [0.2, 0.25) is 5.91 Å². The quantitative estimate of drug-likeness (QED) is 0.454. The number of hydrogen-bond donors (Lipinski definition) is 1. The zero-order chi connectivity index (χ0) is 20.8. The summed E-state index contributed by atoms with van der Waals surface area (Å²) in [5.74, 6) is -0.302. The first-order chi connectivity index (χ1) is 14.0. The van der Waals surface area contributed by atoms with E-state index in [1.165, 1.54) is 18.4 Å². The van der Waals surface area contributed by atoms with E-state index in [1.54, 1.807) is 53.9 Å². The van der Waals surface area contributed by atoms with Gasteiger partial charge in [-0.2, -0.15) is 0 Å². The summed E-state index contributed by atoms with van der Waals surface area (Å²) in [5.41, 5.74) is 1.77. The number of thiophene rings is 1. The minimum absolute atomic E-state index is 0.0972. The van der Waals surface area contributed by atoms with Crippen molar-refractivity contribution in [1.82, 2.24) is 0 Å². The smallest absolute Gasteiger partial charge is 0.341 e. The summed E-state index contributed by atoms with van der Waals surface area (Å²) in [5, 5.41) is 6.06. The van der Waals surface area contributed by atoms with Crippen LogP contribution in [0.5, 0.6) is 5.75 Å². The van der Waals surface area contributed by atoms with E-state index in [1.807, 2.05) is 0 Å². The van der Waals surface area contributed by atoms with Gasteiger partial charge < -0.3 is 14.8 Å². The Kier molecular flexibility index (Phi) is 7.14. The number of methoxy groups -OCH3 is 1. The third-order valence-corrected chi connectivity index (χ3v) is 5.47. The lowest BCUT2D eigenvalue weighted by Crippen LogP contribution is -2.16. The molecule has 3 rings (SSSR count). The number of ether oxygens (including phenoxy) is 2. The van der Waals surface area contributed by atoms with Crippen LogP contribution in [0.1, 0.15) is 16.8 Å². The normalized spacial score (nSPS) is 10.4. The van der Waals surface area contributed by atoms with Crippen molar-refractivity contribution in [3.63, 3.8) is 0 Å². The molecule has 3 aromatic rings. The number of benzene rings is 2. The van der Waals surface area contributed by atoms with Gasteiger partial charge in [0.25, 0.3) is 0 Å². The van der Waals surface area contributed by atoms with Crippen LogP contribution >= 0.6 is 34.5 Å². The van der Waals surface area contributed by atoms with Crippen LogP contribution in [0.4, 0.5) is 5.00 Å². The lowest BCUT2D eigenvalue weighted by atomic mass is 10.0. The number of halogens is 2. The molecule has 0 saturated carbocycles. The Hall–Kier alpha value is -2.54. The molecule has 29 heavy (non-hydrogen) atoms. The van der Waals surface area contributed by atoms with Gasteiger partial charge in [-0.1, -0.05) is 47.5 Å². The van der Waals surface area contributed by atoms with Crippen LogP contribution < -0.4 is 10.1 Å². The van der Waals surface area contributed by atoms with Gasteiger partial charge in [0.05, 0.1) is 25.2 Å². The summed E-state index contributed by atoms with van der Waals surface area (Å²) in [6.45, 7) is 0.151. The van der Waals surface area contributed by atoms with Gasteiger partial charge in [0.1, 0.15) is 16.3 Å². The van der Waals surface area contributed by atoms with Crippen LogP contribution in [-0.4, -0.2) is 25.6 Å². The highest BCUT2D eigenvalue weighted by Crippen LogP contribution is 2.36. The zero-order valence-electron chi connectivity index (χ0n) is 15.4. The first-order valence-corrected chi connectivity index (χ1v) is 10.3. The van der Waals surface area contributed by atoms with Gasteiger partial charge in [0, 0.05) is 16.0 Å². The summed E-state index contributed by atoms with van der Waals surface area (Å²) < 4.78 is 10.4. The van der Waals surface area contributed by atoms with E-state index in [9.17, 15) is 9.59 Å². The molecular formula is C21H17Cl2NO4S. The summed E-state index contributed by atoms with van der Waals surface area (Å²) in [4.78, 5) is 24.7. The first-order valence-electron chi connectivity index (χ1n) is 8.62. The second-order valence-electron chi connectivity index (χ2n) is 5.93. The molecule has 0 radical (unpaired) electrons. The van der Waals surface area contributed by atoms with E-state index in [-0.39, 0.29) is 18.9 Å². The second kappa shape index (κ2) is 9.78. The number of carbonyl (C=O) groups excluding carboxylic acids is 2. The van der Waals surface area contributed by atoms with Crippen molar-refractivity contribution in [3.8, 4) is 16.9 Å². The highest BCUT2D eigenvalue weighted by molar-refractivity contribution is 7.15. The Labute approximate surface area is 182 Å². The lowest BCUT2D eigenvalue weighted by molar-refractivity contribution is -0.116. The van der Waals surface area contributed by atoms with Crippen LogP contribution in [-0.2, 0) is 9.53 Å². The van der Waals surface area contributed by atoms with E-state index < -0.39 is 5.97 Å². The number of rotatable bonds is 7. The minimum Gasteiger partial charge on any atom is -0.491 e. The fourth-order valence-corrected chi connectivity index (χ4v) is 3.89. The highest BCUT2D eigenvalue weighted by atomic mass is 35.5. The molecule has 150 valence electrons. The van der Waals surface area contributed by atoms with E-state index in [2.05, 4.69) is 5.32 Å². The summed E-state index contributed by atoms with van der Waals surface area (Å²) in [7, 11) is 1.30. The Morgan fingerprint density at radius 3 is 2.48 bits per heavy atom. The second-order valence-corrected chi connectivity index (χ2v) is 7.65. The van der Waals surface area contributed by atoms with Crippen molar-refractivity contribution in [2.24, 2.45) is 0 Å². The monoisotopic (exact) mass is 449 g/mol. The van der Waals surface area contributed by atoms with E-state index in [0.717, 1.165) is 5.56 Å². The molecule has 1 N–H and O–H groups in total. The van der Waals surface area contributed by atoms with Crippen molar-refractivity contribution < 1.29 is 19.1 Å². The summed E-state index contributed by atoms with van der Waals surface area (Å²) in [6, 6.07) is 14.1. The van der Waals surface area contributed by atoms with Crippen molar-refractivity contribution in [3.05, 3.63) is 69.5 Å². The van der Waals surface area contributed by atoms with Crippen LogP contribution in [0.25, 0.3) is 11.1 Å². The zero-order valence-corrected chi connectivity index (χ0v) is 17.7. The molecule has 0 atom stereocenters. The standard InChI is InChI=1S/C21H17Cl2NO4S/c1-27-21(26)19-15(13-6-8-14(22)9-7-13)12-29-20(19)24-18(25)10-11-28-17-5-3-2-4-16(17)23/h2-9,12H,10-11H2,1H3,(H,24,25). The first kappa shape index (κ1) is 21.2. The molecule has 5 nitrogen and oxygen atoms in total. The van der Waals surface area contributed by atoms with Gasteiger partial charge in [-0.25, -0.2) is 4.79 Å². The van der Waals surface area contributed by atoms with Crippen LogP contribution in [0, 0.1) is 0 Å². The Bertz CT molecular complexity index is 1020. The summed E-state index contributed by atoms with van der Waals surface area (Å²) >= 11 is 13.2. The van der Waals surface area contributed by atoms with Gasteiger partial charge >= 0.3 is 5.97 Å².